The van der Waals surface area contributed by atoms with Gasteiger partial charge in [0, 0.05) is 51.0 Å². The summed E-state index contributed by atoms with van der Waals surface area (Å²) in [6, 6.07) is 10.8. The van der Waals surface area contributed by atoms with Gasteiger partial charge in [0.2, 0.25) is 5.91 Å². The summed E-state index contributed by atoms with van der Waals surface area (Å²) >= 11 is 0. The van der Waals surface area contributed by atoms with E-state index in [1.165, 1.54) is 5.69 Å². The van der Waals surface area contributed by atoms with E-state index in [0.29, 0.717) is 19.0 Å². The molecule has 3 aliphatic rings. The Hall–Kier alpha value is -1.66. The lowest BCUT2D eigenvalue weighted by molar-refractivity contribution is -0.132. The SMILES string of the molecule is O=C([C@@H]1C[C@H](N2CCN(c3ccccc3)CC2)CN1)N1CC[C@H](F)C1. The molecule has 0 spiro atoms. The molecule has 6 heteroatoms. The number of hydrogen-bond donors (Lipinski definition) is 1. The minimum absolute atomic E-state index is 0.0885. The molecule has 3 aliphatic heterocycles. The first-order valence-corrected chi connectivity index (χ1v) is 9.41. The normalized spacial score (nSPS) is 30.8. The first kappa shape index (κ1) is 16.8. The predicted octanol–water partition coefficient (Wildman–Crippen LogP) is 1.11. The number of para-hydroxylation sites is 1. The van der Waals surface area contributed by atoms with Crippen LogP contribution in [0.5, 0.6) is 0 Å². The lowest BCUT2D eigenvalue weighted by atomic mass is 10.1. The van der Waals surface area contributed by atoms with Gasteiger partial charge in [-0.3, -0.25) is 9.69 Å². The van der Waals surface area contributed by atoms with E-state index in [2.05, 4.69) is 39.4 Å². The Morgan fingerprint density at radius 1 is 1.08 bits per heavy atom. The number of alkyl halides is 1. The van der Waals surface area contributed by atoms with E-state index in [-0.39, 0.29) is 18.5 Å². The number of benzene rings is 1. The Morgan fingerprint density at radius 3 is 2.52 bits per heavy atom. The summed E-state index contributed by atoms with van der Waals surface area (Å²) in [6.07, 6.45) is 0.494. The molecule has 0 aliphatic carbocycles. The first-order valence-electron chi connectivity index (χ1n) is 9.41. The van der Waals surface area contributed by atoms with Gasteiger partial charge in [0.15, 0.2) is 0 Å². The maximum absolute atomic E-state index is 13.3. The third kappa shape index (κ3) is 3.65. The number of rotatable bonds is 3. The van der Waals surface area contributed by atoms with Gasteiger partial charge in [0.25, 0.3) is 0 Å². The molecule has 3 heterocycles. The summed E-state index contributed by atoms with van der Waals surface area (Å²) in [6.45, 7) is 5.80. The molecule has 1 N–H and O–H groups in total. The molecule has 5 nitrogen and oxygen atoms in total. The van der Waals surface area contributed by atoms with Crippen molar-refractivity contribution < 1.29 is 9.18 Å². The van der Waals surface area contributed by atoms with Gasteiger partial charge in [-0.2, -0.15) is 0 Å². The lowest BCUT2D eigenvalue weighted by Crippen LogP contribution is -2.51. The third-order valence-corrected chi connectivity index (χ3v) is 5.80. The van der Waals surface area contributed by atoms with E-state index in [0.717, 1.165) is 39.1 Å². The number of carbonyl (C=O) groups is 1. The van der Waals surface area contributed by atoms with Gasteiger partial charge in [0.1, 0.15) is 6.17 Å². The van der Waals surface area contributed by atoms with Crippen LogP contribution in [0.2, 0.25) is 0 Å². The van der Waals surface area contributed by atoms with Crippen molar-refractivity contribution in [3.63, 3.8) is 0 Å². The number of amides is 1. The summed E-state index contributed by atoms with van der Waals surface area (Å²) in [5.74, 6) is 0.0885. The zero-order valence-corrected chi connectivity index (χ0v) is 14.6. The Kier molecular flexibility index (Phi) is 4.90. The highest BCUT2D eigenvalue weighted by Gasteiger charge is 2.37. The largest absolute Gasteiger partial charge is 0.369 e. The van der Waals surface area contributed by atoms with Gasteiger partial charge < -0.3 is 15.1 Å². The van der Waals surface area contributed by atoms with Crippen molar-refractivity contribution in [3.05, 3.63) is 30.3 Å². The Morgan fingerprint density at radius 2 is 1.84 bits per heavy atom. The first-order chi connectivity index (χ1) is 12.2. The molecule has 1 amide bonds. The summed E-state index contributed by atoms with van der Waals surface area (Å²) in [5, 5.41) is 3.37. The van der Waals surface area contributed by atoms with Crippen molar-refractivity contribution in [2.45, 2.75) is 31.1 Å². The second-order valence-corrected chi connectivity index (χ2v) is 7.38. The molecule has 3 saturated heterocycles. The number of hydrogen-bond acceptors (Lipinski definition) is 4. The molecule has 3 atom stereocenters. The second-order valence-electron chi connectivity index (χ2n) is 7.38. The van der Waals surface area contributed by atoms with Crippen molar-refractivity contribution in [2.75, 3.05) is 50.7 Å². The third-order valence-electron chi connectivity index (χ3n) is 5.80. The molecule has 25 heavy (non-hydrogen) atoms. The summed E-state index contributed by atoms with van der Waals surface area (Å²) in [4.78, 5) is 19.1. The van der Waals surface area contributed by atoms with Crippen LogP contribution < -0.4 is 10.2 Å². The number of likely N-dealkylation sites (tertiary alicyclic amines) is 1. The van der Waals surface area contributed by atoms with E-state index in [4.69, 9.17) is 0 Å². The number of halogens is 1. The zero-order valence-electron chi connectivity index (χ0n) is 14.6. The predicted molar refractivity (Wildman–Crippen MR) is 96.5 cm³/mol. The summed E-state index contributed by atoms with van der Waals surface area (Å²) in [5.41, 5.74) is 1.29. The van der Waals surface area contributed by atoms with E-state index >= 15 is 0 Å². The number of anilines is 1. The highest BCUT2D eigenvalue weighted by atomic mass is 19.1. The van der Waals surface area contributed by atoms with Crippen molar-refractivity contribution in [1.29, 1.82) is 0 Å². The quantitative estimate of drug-likeness (QED) is 0.890. The Labute approximate surface area is 148 Å². The van der Waals surface area contributed by atoms with Gasteiger partial charge in [-0.15, -0.1) is 0 Å². The van der Waals surface area contributed by atoms with Crippen LogP contribution in [0.3, 0.4) is 0 Å². The van der Waals surface area contributed by atoms with Gasteiger partial charge in [-0.1, -0.05) is 18.2 Å². The molecule has 0 saturated carbocycles. The summed E-state index contributed by atoms with van der Waals surface area (Å²) < 4.78 is 13.3. The van der Waals surface area contributed by atoms with Gasteiger partial charge in [0.05, 0.1) is 12.6 Å². The lowest BCUT2D eigenvalue weighted by Gasteiger charge is -2.39. The number of nitrogens with zero attached hydrogens (tertiary/aromatic N) is 3. The molecule has 4 rings (SSSR count). The van der Waals surface area contributed by atoms with Crippen molar-refractivity contribution in [2.24, 2.45) is 0 Å². The second kappa shape index (κ2) is 7.30. The molecule has 136 valence electrons. The maximum atomic E-state index is 13.3. The Bertz CT molecular complexity index is 590. The molecule has 0 bridgehead atoms. The average molecular weight is 346 g/mol. The standard InChI is InChI=1S/C19H27FN4O/c20-15-6-7-24(14-15)19(25)18-12-17(13-21-18)23-10-8-22(9-11-23)16-4-2-1-3-5-16/h1-5,15,17-18,21H,6-14H2/t15-,17-,18-/m0/s1. The molecule has 1 aromatic rings. The molecule has 0 radical (unpaired) electrons. The van der Waals surface area contributed by atoms with E-state index in [9.17, 15) is 9.18 Å². The fourth-order valence-corrected chi connectivity index (χ4v) is 4.31. The van der Waals surface area contributed by atoms with Gasteiger partial charge in [-0.05, 0) is 25.0 Å². The zero-order chi connectivity index (χ0) is 17.2. The van der Waals surface area contributed by atoms with Crippen LogP contribution in [0.15, 0.2) is 30.3 Å². The van der Waals surface area contributed by atoms with E-state index in [1.54, 1.807) is 4.90 Å². The Balaban J connectivity index is 1.28. The number of nitrogens with one attached hydrogen (secondary N) is 1. The average Bonchev–Trinajstić information content (AvgIpc) is 3.31. The number of carbonyl (C=O) groups excluding carboxylic acids is 1. The topological polar surface area (TPSA) is 38.8 Å². The fraction of sp³-hybridized carbons (Fsp3) is 0.632. The maximum Gasteiger partial charge on any atom is 0.239 e. The van der Waals surface area contributed by atoms with Crippen LogP contribution in [-0.4, -0.2) is 79.8 Å². The molecule has 1 aromatic carbocycles. The van der Waals surface area contributed by atoms with Crippen LogP contribution in [-0.2, 0) is 4.79 Å². The van der Waals surface area contributed by atoms with Crippen LogP contribution in [0, 0.1) is 0 Å². The highest BCUT2D eigenvalue weighted by molar-refractivity contribution is 5.82. The van der Waals surface area contributed by atoms with Crippen LogP contribution in [0.1, 0.15) is 12.8 Å². The molecule has 0 aromatic heterocycles. The smallest absolute Gasteiger partial charge is 0.239 e. The van der Waals surface area contributed by atoms with Crippen molar-refractivity contribution >= 4 is 11.6 Å². The molecule has 3 fully saturated rings. The van der Waals surface area contributed by atoms with Crippen LogP contribution >= 0.6 is 0 Å². The van der Waals surface area contributed by atoms with Gasteiger partial charge in [-0.25, -0.2) is 4.39 Å². The monoisotopic (exact) mass is 346 g/mol. The van der Waals surface area contributed by atoms with E-state index in [1.807, 2.05) is 6.07 Å². The highest BCUT2D eigenvalue weighted by Crippen LogP contribution is 2.22. The fourth-order valence-electron chi connectivity index (χ4n) is 4.31. The molecule has 0 unspecified atom stereocenters. The molecular weight excluding hydrogens is 319 g/mol. The summed E-state index contributed by atoms with van der Waals surface area (Å²) in [7, 11) is 0. The minimum atomic E-state index is -0.841. The van der Waals surface area contributed by atoms with Crippen LogP contribution in [0.25, 0.3) is 0 Å². The van der Waals surface area contributed by atoms with Crippen molar-refractivity contribution in [3.8, 4) is 0 Å². The number of piperazine rings is 1. The van der Waals surface area contributed by atoms with Gasteiger partial charge >= 0.3 is 0 Å². The van der Waals surface area contributed by atoms with Crippen LogP contribution in [0.4, 0.5) is 10.1 Å². The molecular formula is C19H27FN4O. The van der Waals surface area contributed by atoms with E-state index < -0.39 is 6.17 Å². The minimum Gasteiger partial charge on any atom is -0.369 e. The van der Waals surface area contributed by atoms with Crippen molar-refractivity contribution in [1.82, 2.24) is 15.1 Å².